The number of amides is 1. The highest BCUT2D eigenvalue weighted by Crippen LogP contribution is 2.14. The molecule has 1 unspecified atom stereocenters. The van der Waals surface area contributed by atoms with Crippen molar-refractivity contribution in [3.8, 4) is 0 Å². The molecule has 0 spiro atoms. The first-order chi connectivity index (χ1) is 8.43. The van der Waals surface area contributed by atoms with Crippen molar-refractivity contribution in [2.45, 2.75) is 52.1 Å². The average Bonchev–Trinajstić information content (AvgIpc) is 2.34. The minimum absolute atomic E-state index is 0.0461. The number of carbonyl (C=O) groups is 2. The Balaban J connectivity index is 2.65. The first-order valence-electron chi connectivity index (χ1n) is 6.69. The van der Waals surface area contributed by atoms with Crippen molar-refractivity contribution in [3.05, 3.63) is 0 Å². The van der Waals surface area contributed by atoms with Gasteiger partial charge in [0.1, 0.15) is 0 Å². The van der Waals surface area contributed by atoms with Gasteiger partial charge in [-0.25, -0.2) is 0 Å². The molecule has 1 fully saturated rings. The van der Waals surface area contributed by atoms with Crippen LogP contribution >= 0.6 is 0 Å². The van der Waals surface area contributed by atoms with Crippen LogP contribution in [0.2, 0.25) is 0 Å². The second-order valence-corrected chi connectivity index (χ2v) is 5.22. The Morgan fingerprint density at radius 1 is 1.17 bits per heavy atom. The average molecular weight is 256 g/mol. The van der Waals surface area contributed by atoms with E-state index in [-0.39, 0.29) is 24.5 Å². The molecule has 1 saturated heterocycles. The number of piperidine rings is 1. The molecule has 1 atom stereocenters. The van der Waals surface area contributed by atoms with Crippen LogP contribution in [0.15, 0.2) is 0 Å². The summed E-state index contributed by atoms with van der Waals surface area (Å²) < 4.78 is 0. The number of rotatable bonds is 5. The third-order valence-corrected chi connectivity index (χ3v) is 3.50. The third-order valence-electron chi connectivity index (χ3n) is 3.50. The Labute approximate surface area is 109 Å². The molecule has 1 N–H and O–H groups in total. The quantitative estimate of drug-likeness (QED) is 0.802. The zero-order valence-electron chi connectivity index (χ0n) is 11.6. The molecule has 1 aliphatic heterocycles. The molecule has 0 bridgehead atoms. The normalized spacial score (nSPS) is 18.2. The molecule has 5 nitrogen and oxygen atoms in total. The third kappa shape index (κ3) is 3.98. The van der Waals surface area contributed by atoms with Crippen LogP contribution in [0.5, 0.6) is 0 Å². The molecule has 104 valence electrons. The molecule has 0 radical (unpaired) electrons. The van der Waals surface area contributed by atoms with E-state index in [9.17, 15) is 9.59 Å². The second kappa shape index (κ2) is 6.73. The smallest absolute Gasteiger partial charge is 0.317 e. The lowest BCUT2D eigenvalue weighted by molar-refractivity contribution is -0.143. The van der Waals surface area contributed by atoms with Gasteiger partial charge in [0.05, 0.1) is 12.6 Å². The Kier molecular flexibility index (Phi) is 5.59. The summed E-state index contributed by atoms with van der Waals surface area (Å²) >= 11 is 0. The molecule has 1 amide bonds. The summed E-state index contributed by atoms with van der Waals surface area (Å²) in [6, 6.07) is -0.316. The lowest BCUT2D eigenvalue weighted by atomic mass is 10.1. The van der Waals surface area contributed by atoms with E-state index in [1.807, 2.05) is 18.7 Å². The van der Waals surface area contributed by atoms with Crippen molar-refractivity contribution < 1.29 is 14.7 Å². The first kappa shape index (κ1) is 15.0. The van der Waals surface area contributed by atoms with E-state index in [4.69, 9.17) is 5.11 Å². The SMILES string of the molecule is CC(C)N(CC(=O)O)C(C)C(=O)N1CCCCC1. The monoisotopic (exact) mass is 256 g/mol. The van der Waals surface area contributed by atoms with E-state index < -0.39 is 5.97 Å². The summed E-state index contributed by atoms with van der Waals surface area (Å²) in [6.07, 6.45) is 3.29. The minimum atomic E-state index is -0.887. The highest BCUT2D eigenvalue weighted by molar-refractivity contribution is 5.82. The van der Waals surface area contributed by atoms with Crippen molar-refractivity contribution in [3.63, 3.8) is 0 Å². The molecule has 1 heterocycles. The van der Waals surface area contributed by atoms with E-state index in [1.165, 1.54) is 6.42 Å². The lowest BCUT2D eigenvalue weighted by Crippen LogP contribution is -2.52. The van der Waals surface area contributed by atoms with Gasteiger partial charge in [0, 0.05) is 19.1 Å². The fourth-order valence-corrected chi connectivity index (χ4v) is 2.44. The van der Waals surface area contributed by atoms with Gasteiger partial charge in [0.25, 0.3) is 0 Å². The molecule has 1 rings (SSSR count). The number of nitrogens with zero attached hydrogens (tertiary/aromatic N) is 2. The Bertz CT molecular complexity index is 299. The number of hydrogen-bond acceptors (Lipinski definition) is 3. The van der Waals surface area contributed by atoms with Gasteiger partial charge in [-0.15, -0.1) is 0 Å². The Hall–Kier alpha value is -1.10. The van der Waals surface area contributed by atoms with E-state index in [0.29, 0.717) is 0 Å². The number of aliphatic carboxylic acids is 1. The van der Waals surface area contributed by atoms with E-state index in [1.54, 1.807) is 11.8 Å². The highest BCUT2D eigenvalue weighted by atomic mass is 16.4. The molecule has 0 aliphatic carbocycles. The molecule has 0 aromatic heterocycles. The summed E-state index contributed by atoms with van der Waals surface area (Å²) in [7, 11) is 0. The van der Waals surface area contributed by atoms with Gasteiger partial charge in [0.2, 0.25) is 5.91 Å². The summed E-state index contributed by atoms with van der Waals surface area (Å²) in [5.74, 6) is -0.827. The van der Waals surface area contributed by atoms with Crippen LogP contribution in [-0.2, 0) is 9.59 Å². The maximum absolute atomic E-state index is 12.3. The molecular formula is C13H24N2O3. The van der Waals surface area contributed by atoms with E-state index in [0.717, 1.165) is 25.9 Å². The maximum atomic E-state index is 12.3. The number of hydrogen-bond donors (Lipinski definition) is 1. The predicted molar refractivity (Wildman–Crippen MR) is 69.4 cm³/mol. The summed E-state index contributed by atoms with van der Waals surface area (Å²) in [6.45, 7) is 7.18. The number of carbonyl (C=O) groups excluding carboxylic acids is 1. The van der Waals surface area contributed by atoms with E-state index >= 15 is 0 Å². The molecule has 18 heavy (non-hydrogen) atoms. The maximum Gasteiger partial charge on any atom is 0.317 e. The second-order valence-electron chi connectivity index (χ2n) is 5.22. The molecular weight excluding hydrogens is 232 g/mol. The summed E-state index contributed by atoms with van der Waals surface area (Å²) in [4.78, 5) is 26.8. The fraction of sp³-hybridized carbons (Fsp3) is 0.846. The van der Waals surface area contributed by atoms with Crippen LogP contribution in [0.1, 0.15) is 40.0 Å². The molecule has 5 heteroatoms. The van der Waals surface area contributed by atoms with Crippen LogP contribution in [0.25, 0.3) is 0 Å². The van der Waals surface area contributed by atoms with Gasteiger partial charge in [-0.05, 0) is 40.0 Å². The highest BCUT2D eigenvalue weighted by Gasteiger charge is 2.29. The van der Waals surface area contributed by atoms with Crippen molar-refractivity contribution in [1.29, 1.82) is 0 Å². The Morgan fingerprint density at radius 3 is 2.17 bits per heavy atom. The van der Waals surface area contributed by atoms with Crippen molar-refractivity contribution >= 4 is 11.9 Å². The standard InChI is InChI=1S/C13H24N2O3/c1-10(2)15(9-12(16)17)11(3)13(18)14-7-5-4-6-8-14/h10-11H,4-9H2,1-3H3,(H,16,17). The lowest BCUT2D eigenvalue weighted by Gasteiger charge is -2.35. The van der Waals surface area contributed by atoms with Gasteiger partial charge in [0.15, 0.2) is 0 Å². The van der Waals surface area contributed by atoms with Gasteiger partial charge < -0.3 is 10.0 Å². The van der Waals surface area contributed by atoms with Crippen molar-refractivity contribution in [2.24, 2.45) is 0 Å². The first-order valence-corrected chi connectivity index (χ1v) is 6.69. The molecule has 1 aliphatic rings. The van der Waals surface area contributed by atoms with Crippen LogP contribution in [0.3, 0.4) is 0 Å². The molecule has 0 saturated carbocycles. The van der Waals surface area contributed by atoms with Crippen LogP contribution in [0.4, 0.5) is 0 Å². The zero-order chi connectivity index (χ0) is 13.7. The minimum Gasteiger partial charge on any atom is -0.480 e. The largest absolute Gasteiger partial charge is 0.480 e. The van der Waals surface area contributed by atoms with Crippen molar-refractivity contribution in [2.75, 3.05) is 19.6 Å². The van der Waals surface area contributed by atoms with Gasteiger partial charge in [-0.3, -0.25) is 14.5 Å². The number of likely N-dealkylation sites (tertiary alicyclic amines) is 1. The van der Waals surface area contributed by atoms with Gasteiger partial charge in [-0.1, -0.05) is 0 Å². The topological polar surface area (TPSA) is 60.9 Å². The van der Waals surface area contributed by atoms with Crippen molar-refractivity contribution in [1.82, 2.24) is 9.80 Å². The fourth-order valence-electron chi connectivity index (χ4n) is 2.44. The predicted octanol–water partition coefficient (Wildman–Crippen LogP) is 1.18. The number of carboxylic acids is 1. The van der Waals surface area contributed by atoms with Gasteiger partial charge in [-0.2, -0.15) is 0 Å². The number of carboxylic acid groups (broad SMARTS) is 1. The van der Waals surface area contributed by atoms with E-state index in [2.05, 4.69) is 0 Å². The Morgan fingerprint density at radius 2 is 1.72 bits per heavy atom. The van der Waals surface area contributed by atoms with Crippen LogP contribution in [0, 0.1) is 0 Å². The zero-order valence-corrected chi connectivity index (χ0v) is 11.6. The van der Waals surface area contributed by atoms with Crippen LogP contribution < -0.4 is 0 Å². The van der Waals surface area contributed by atoms with Crippen LogP contribution in [-0.4, -0.2) is 58.5 Å². The molecule has 0 aromatic rings. The summed E-state index contributed by atoms with van der Waals surface area (Å²) in [5, 5.41) is 8.91. The summed E-state index contributed by atoms with van der Waals surface area (Å²) in [5.41, 5.74) is 0. The molecule has 0 aromatic carbocycles. The van der Waals surface area contributed by atoms with Gasteiger partial charge >= 0.3 is 5.97 Å².